The van der Waals surface area contributed by atoms with Gasteiger partial charge in [-0.05, 0) is 18.2 Å². The molecule has 0 aliphatic carbocycles. The largest absolute Gasteiger partial charge is 0.454 e. The van der Waals surface area contributed by atoms with Gasteiger partial charge in [-0.15, -0.1) is 0 Å². The molecule has 0 saturated carbocycles. The molecule has 1 aromatic rings. The third kappa shape index (κ3) is 2.41. The number of fused-ring (bicyclic) bond motifs is 1. The van der Waals surface area contributed by atoms with Gasteiger partial charge in [0.25, 0.3) is 0 Å². The molecule has 0 fully saturated rings. The van der Waals surface area contributed by atoms with Gasteiger partial charge in [0.2, 0.25) is 6.79 Å². The van der Waals surface area contributed by atoms with E-state index in [1.54, 1.807) is 12.1 Å². The SMILES string of the molecule is O=C(CO[PH](=O)O)c1ccc2c(c1)OCO2. The van der Waals surface area contributed by atoms with E-state index in [2.05, 4.69) is 4.52 Å². The second kappa shape index (κ2) is 4.65. The van der Waals surface area contributed by atoms with Crippen molar-refractivity contribution in [3.63, 3.8) is 0 Å². The highest BCUT2D eigenvalue weighted by Gasteiger charge is 2.16. The van der Waals surface area contributed by atoms with Crippen molar-refractivity contribution in [2.75, 3.05) is 13.4 Å². The van der Waals surface area contributed by atoms with Crippen molar-refractivity contribution in [2.45, 2.75) is 0 Å². The number of hydrogen-bond donors (Lipinski definition) is 1. The molecule has 1 aliphatic heterocycles. The Hall–Kier alpha value is -1.36. The summed E-state index contributed by atoms with van der Waals surface area (Å²) in [5.41, 5.74) is 0.354. The second-order valence-electron chi connectivity index (χ2n) is 3.05. The molecule has 86 valence electrons. The Kier molecular flexibility index (Phi) is 3.24. The zero-order valence-corrected chi connectivity index (χ0v) is 9.13. The fraction of sp³-hybridized carbons (Fsp3) is 0.222. The number of Topliss-reactive ketones (excluding diaryl/α,β-unsaturated/α-hetero) is 1. The molecule has 7 heteroatoms. The lowest BCUT2D eigenvalue weighted by atomic mass is 10.1. The predicted molar refractivity (Wildman–Crippen MR) is 54.1 cm³/mol. The molecule has 1 aromatic carbocycles. The van der Waals surface area contributed by atoms with Gasteiger partial charge >= 0.3 is 8.25 Å². The van der Waals surface area contributed by atoms with E-state index in [1.165, 1.54) is 6.07 Å². The topological polar surface area (TPSA) is 82.1 Å². The highest BCUT2D eigenvalue weighted by molar-refractivity contribution is 7.32. The van der Waals surface area contributed by atoms with Crippen molar-refractivity contribution >= 4 is 14.0 Å². The summed E-state index contributed by atoms with van der Waals surface area (Å²) in [6.45, 7) is -0.290. The minimum atomic E-state index is -3.07. The Bertz CT molecular complexity index is 444. The van der Waals surface area contributed by atoms with Crippen molar-refractivity contribution in [3.05, 3.63) is 23.8 Å². The van der Waals surface area contributed by atoms with Crippen LogP contribution < -0.4 is 9.47 Å². The van der Waals surface area contributed by atoms with Crippen molar-refractivity contribution in [1.29, 1.82) is 0 Å². The molecule has 1 atom stereocenters. The third-order valence-corrected chi connectivity index (χ3v) is 2.41. The van der Waals surface area contributed by atoms with Crippen LogP contribution in [0.3, 0.4) is 0 Å². The van der Waals surface area contributed by atoms with Crippen LogP contribution in [0.5, 0.6) is 11.5 Å². The number of carbonyl (C=O) groups is 1. The summed E-state index contributed by atoms with van der Waals surface area (Å²) < 4.78 is 24.8. The summed E-state index contributed by atoms with van der Waals surface area (Å²) in [5.74, 6) is 0.682. The third-order valence-electron chi connectivity index (χ3n) is 2.02. The van der Waals surface area contributed by atoms with Gasteiger partial charge in [-0.2, -0.15) is 0 Å². The Labute approximate surface area is 91.7 Å². The summed E-state index contributed by atoms with van der Waals surface area (Å²) in [7, 11) is -3.07. The van der Waals surface area contributed by atoms with Crippen LogP contribution in [0.4, 0.5) is 0 Å². The molecule has 1 N–H and O–H groups in total. The van der Waals surface area contributed by atoms with E-state index < -0.39 is 14.9 Å². The lowest BCUT2D eigenvalue weighted by Crippen LogP contribution is -2.05. The van der Waals surface area contributed by atoms with Gasteiger partial charge in [0.15, 0.2) is 17.3 Å². The lowest BCUT2D eigenvalue weighted by molar-refractivity contribution is 0.0916. The van der Waals surface area contributed by atoms with Crippen molar-refractivity contribution < 1.29 is 28.3 Å². The zero-order valence-electron chi connectivity index (χ0n) is 8.13. The lowest BCUT2D eigenvalue weighted by Gasteiger charge is -2.01. The van der Waals surface area contributed by atoms with Gasteiger partial charge in [0.05, 0.1) is 0 Å². The molecule has 6 nitrogen and oxygen atoms in total. The molecule has 0 bridgehead atoms. The average Bonchev–Trinajstić information content (AvgIpc) is 2.72. The van der Waals surface area contributed by atoms with Crippen LogP contribution in [0.2, 0.25) is 0 Å². The molecule has 1 aliphatic rings. The summed E-state index contributed by atoms with van der Waals surface area (Å²) in [6, 6.07) is 4.67. The van der Waals surface area contributed by atoms with E-state index in [9.17, 15) is 9.36 Å². The maximum absolute atomic E-state index is 11.5. The smallest absolute Gasteiger partial charge is 0.317 e. The molecular weight excluding hydrogens is 235 g/mol. The van der Waals surface area contributed by atoms with E-state index in [0.717, 1.165) is 0 Å². The highest BCUT2D eigenvalue weighted by Crippen LogP contribution is 2.32. The molecule has 0 aromatic heterocycles. The molecule has 2 rings (SSSR count). The number of ether oxygens (including phenoxy) is 2. The van der Waals surface area contributed by atoms with Gasteiger partial charge in [0, 0.05) is 5.56 Å². The summed E-state index contributed by atoms with van der Waals surface area (Å²) in [4.78, 5) is 19.9. The molecule has 0 radical (unpaired) electrons. The van der Waals surface area contributed by atoms with E-state index in [0.29, 0.717) is 17.1 Å². The molecule has 0 spiro atoms. The first-order valence-corrected chi connectivity index (χ1v) is 5.72. The normalized spacial score (nSPS) is 14.8. The Morgan fingerprint density at radius 2 is 2.19 bits per heavy atom. The summed E-state index contributed by atoms with van der Waals surface area (Å²) in [5, 5.41) is 0. The fourth-order valence-electron chi connectivity index (χ4n) is 1.28. The van der Waals surface area contributed by atoms with Crippen LogP contribution in [0.15, 0.2) is 18.2 Å². The van der Waals surface area contributed by atoms with Gasteiger partial charge in [-0.25, -0.2) is 0 Å². The van der Waals surface area contributed by atoms with Crippen LogP contribution in [-0.2, 0) is 9.09 Å². The number of benzene rings is 1. The maximum Gasteiger partial charge on any atom is 0.317 e. The zero-order chi connectivity index (χ0) is 11.5. The Balaban J connectivity index is 2.09. The Morgan fingerprint density at radius 3 is 2.94 bits per heavy atom. The average molecular weight is 244 g/mol. The van der Waals surface area contributed by atoms with Crippen molar-refractivity contribution in [3.8, 4) is 11.5 Å². The van der Waals surface area contributed by atoms with Gasteiger partial charge in [-0.3, -0.25) is 9.36 Å². The molecule has 16 heavy (non-hydrogen) atoms. The van der Waals surface area contributed by atoms with Crippen LogP contribution in [0, 0.1) is 0 Å². The second-order valence-corrected chi connectivity index (χ2v) is 3.87. The summed E-state index contributed by atoms with van der Waals surface area (Å²) >= 11 is 0. The number of ketones is 1. The first-order valence-electron chi connectivity index (χ1n) is 4.45. The standard InChI is InChI=1S/C9H9O6P/c10-7(4-15-16(11)12)6-1-2-8-9(3-6)14-5-13-8/h1-3,16H,4-5H2,(H,11,12). The minimum absolute atomic E-state index is 0.133. The first-order chi connectivity index (χ1) is 7.66. The van der Waals surface area contributed by atoms with Crippen molar-refractivity contribution in [2.24, 2.45) is 0 Å². The van der Waals surface area contributed by atoms with Crippen LogP contribution in [-0.4, -0.2) is 24.1 Å². The first kappa shape index (κ1) is 11.1. The minimum Gasteiger partial charge on any atom is -0.454 e. The monoisotopic (exact) mass is 244 g/mol. The summed E-state index contributed by atoms with van der Waals surface area (Å²) in [6.07, 6.45) is 0. The number of hydrogen-bond acceptors (Lipinski definition) is 5. The Morgan fingerprint density at radius 1 is 1.44 bits per heavy atom. The predicted octanol–water partition coefficient (Wildman–Crippen LogP) is 0.997. The van der Waals surface area contributed by atoms with Crippen LogP contribution in [0.25, 0.3) is 0 Å². The molecule has 0 saturated heterocycles. The van der Waals surface area contributed by atoms with Crippen molar-refractivity contribution in [1.82, 2.24) is 0 Å². The van der Waals surface area contributed by atoms with E-state index in [4.69, 9.17) is 14.4 Å². The van der Waals surface area contributed by atoms with Gasteiger partial charge < -0.3 is 18.9 Å². The van der Waals surface area contributed by atoms with E-state index in [-0.39, 0.29) is 12.6 Å². The van der Waals surface area contributed by atoms with Gasteiger partial charge in [-0.1, -0.05) is 0 Å². The van der Waals surface area contributed by atoms with Crippen LogP contribution >= 0.6 is 8.25 Å². The molecular formula is C9H9O6P. The molecule has 0 amide bonds. The van der Waals surface area contributed by atoms with E-state index >= 15 is 0 Å². The fourth-order valence-corrected chi connectivity index (χ4v) is 1.54. The maximum atomic E-state index is 11.5. The van der Waals surface area contributed by atoms with E-state index in [1.807, 2.05) is 0 Å². The number of rotatable bonds is 4. The quantitative estimate of drug-likeness (QED) is 0.628. The number of carbonyl (C=O) groups excluding carboxylic acids is 1. The molecule has 1 unspecified atom stereocenters. The highest BCUT2D eigenvalue weighted by atomic mass is 31.1. The van der Waals surface area contributed by atoms with Gasteiger partial charge in [0.1, 0.15) is 6.61 Å². The van der Waals surface area contributed by atoms with Crippen LogP contribution in [0.1, 0.15) is 10.4 Å². The molecule has 1 heterocycles.